The lowest BCUT2D eigenvalue weighted by Crippen LogP contribution is -1.95. The Morgan fingerprint density at radius 3 is 2.93 bits per heavy atom. The average molecular weight is 271 g/mol. The highest BCUT2D eigenvalue weighted by molar-refractivity contribution is 9.10. The van der Waals surface area contributed by atoms with Crippen LogP contribution in [0.4, 0.5) is 0 Å². The predicted octanol–water partition coefficient (Wildman–Crippen LogP) is 1.80. The van der Waals surface area contributed by atoms with Gasteiger partial charge in [0, 0.05) is 10.0 Å². The van der Waals surface area contributed by atoms with Crippen LogP contribution in [0.15, 0.2) is 32.0 Å². The van der Waals surface area contributed by atoms with Crippen molar-refractivity contribution >= 4 is 15.9 Å². The lowest BCUT2D eigenvalue weighted by molar-refractivity contribution is 0.387. The van der Waals surface area contributed by atoms with E-state index in [4.69, 9.17) is 4.74 Å². The Morgan fingerprint density at radius 2 is 2.33 bits per heavy atom. The molecule has 0 unspecified atom stereocenters. The zero-order valence-electron chi connectivity index (χ0n) is 7.78. The molecule has 1 aromatic heterocycles. The average Bonchev–Trinajstić information content (AvgIpc) is 2.65. The van der Waals surface area contributed by atoms with Gasteiger partial charge in [-0.05, 0) is 18.2 Å². The normalized spacial score (nSPS) is 10.3. The fraction of sp³-hybridized carbons (Fsp3) is 0.111. The zero-order chi connectivity index (χ0) is 10.8. The minimum Gasteiger partial charge on any atom is -0.497 e. The number of H-pyrrole nitrogens is 1. The molecule has 0 aliphatic heterocycles. The Hall–Kier alpha value is -1.56. The number of aromatic amines is 1. The van der Waals surface area contributed by atoms with Crippen molar-refractivity contribution in [2.45, 2.75) is 0 Å². The second-order valence-electron chi connectivity index (χ2n) is 2.79. The number of nitrogens with zero attached hydrogens (tertiary/aromatic N) is 1. The molecule has 2 rings (SSSR count). The van der Waals surface area contributed by atoms with Gasteiger partial charge in [0.1, 0.15) is 5.75 Å². The second kappa shape index (κ2) is 3.90. The van der Waals surface area contributed by atoms with Crippen molar-refractivity contribution in [2.24, 2.45) is 0 Å². The van der Waals surface area contributed by atoms with Crippen LogP contribution >= 0.6 is 15.9 Å². The van der Waals surface area contributed by atoms with Crippen molar-refractivity contribution in [3.05, 3.63) is 33.2 Å². The fourth-order valence-electron chi connectivity index (χ4n) is 1.16. The van der Waals surface area contributed by atoms with Crippen molar-refractivity contribution in [1.82, 2.24) is 10.1 Å². The number of hydrogen-bond acceptors (Lipinski definition) is 4. The highest BCUT2D eigenvalue weighted by Crippen LogP contribution is 2.28. The van der Waals surface area contributed by atoms with Gasteiger partial charge in [-0.15, -0.1) is 0 Å². The van der Waals surface area contributed by atoms with Gasteiger partial charge in [0.05, 0.1) is 7.11 Å². The van der Waals surface area contributed by atoms with E-state index >= 15 is 0 Å². The van der Waals surface area contributed by atoms with Gasteiger partial charge in [-0.1, -0.05) is 21.1 Å². The van der Waals surface area contributed by atoms with E-state index in [1.807, 2.05) is 0 Å². The summed E-state index contributed by atoms with van der Waals surface area (Å²) in [5.74, 6) is 0.461. The summed E-state index contributed by atoms with van der Waals surface area (Å²) in [6.45, 7) is 0. The molecule has 0 aliphatic carbocycles. The topological polar surface area (TPSA) is 68.1 Å². The predicted molar refractivity (Wildman–Crippen MR) is 56.8 cm³/mol. The van der Waals surface area contributed by atoms with E-state index in [1.54, 1.807) is 25.3 Å². The standard InChI is InChI=1S/C9H7BrN2O3/c1-14-5-2-3-7(10)6(4-5)8-11-9(13)15-12-8/h2-4H,1H3,(H,11,12,13). The Balaban J connectivity index is 2.56. The molecule has 0 fully saturated rings. The molecular formula is C9H7BrN2O3. The third-order valence-corrected chi connectivity index (χ3v) is 2.56. The van der Waals surface area contributed by atoms with Crippen molar-refractivity contribution in [1.29, 1.82) is 0 Å². The lowest BCUT2D eigenvalue weighted by Gasteiger charge is -2.03. The number of rotatable bonds is 2. The Kier molecular flexibility index (Phi) is 2.59. The summed E-state index contributed by atoms with van der Waals surface area (Å²) in [6, 6.07) is 5.35. The maximum atomic E-state index is 10.8. The first-order valence-electron chi connectivity index (χ1n) is 4.10. The SMILES string of the molecule is COc1ccc(Br)c(-c2noc(=O)[nH]2)c1. The number of benzene rings is 1. The quantitative estimate of drug-likeness (QED) is 0.904. The molecule has 0 aliphatic rings. The number of aromatic nitrogens is 2. The molecule has 0 atom stereocenters. The molecule has 1 N–H and O–H groups in total. The molecule has 0 saturated heterocycles. The van der Waals surface area contributed by atoms with Crippen LogP contribution in [-0.4, -0.2) is 17.3 Å². The molecule has 0 saturated carbocycles. The Morgan fingerprint density at radius 1 is 1.53 bits per heavy atom. The van der Waals surface area contributed by atoms with Crippen LogP contribution in [0.5, 0.6) is 5.75 Å². The van der Waals surface area contributed by atoms with E-state index in [-0.39, 0.29) is 0 Å². The number of halogens is 1. The Bertz CT molecular complexity index is 532. The van der Waals surface area contributed by atoms with E-state index in [2.05, 4.69) is 30.6 Å². The summed E-state index contributed by atoms with van der Waals surface area (Å²) in [6.07, 6.45) is 0. The van der Waals surface area contributed by atoms with E-state index in [1.165, 1.54) is 0 Å². The van der Waals surface area contributed by atoms with Crippen molar-refractivity contribution < 1.29 is 9.26 Å². The first kappa shape index (κ1) is 9.97. The molecule has 2 aromatic rings. The molecule has 0 spiro atoms. The summed E-state index contributed by atoms with van der Waals surface area (Å²) >= 11 is 3.35. The van der Waals surface area contributed by atoms with Gasteiger partial charge in [-0.2, -0.15) is 0 Å². The van der Waals surface area contributed by atoms with Gasteiger partial charge in [0.15, 0.2) is 5.82 Å². The highest BCUT2D eigenvalue weighted by Gasteiger charge is 2.09. The summed E-state index contributed by atoms with van der Waals surface area (Å²) < 4.78 is 10.3. The van der Waals surface area contributed by atoms with Crippen molar-refractivity contribution in [3.8, 4) is 17.1 Å². The molecule has 5 nitrogen and oxygen atoms in total. The number of ether oxygens (including phenoxy) is 1. The number of hydrogen-bond donors (Lipinski definition) is 1. The monoisotopic (exact) mass is 270 g/mol. The summed E-state index contributed by atoms with van der Waals surface area (Å²) in [5, 5.41) is 3.59. The third-order valence-electron chi connectivity index (χ3n) is 1.87. The maximum absolute atomic E-state index is 10.8. The summed E-state index contributed by atoms with van der Waals surface area (Å²) in [7, 11) is 1.57. The van der Waals surface area contributed by atoms with Gasteiger partial charge >= 0.3 is 5.76 Å². The minimum absolute atomic E-state index is 0.366. The molecule has 0 amide bonds. The number of nitrogens with one attached hydrogen (secondary N) is 1. The molecule has 1 heterocycles. The van der Waals surface area contributed by atoms with Crippen molar-refractivity contribution in [2.75, 3.05) is 7.11 Å². The van der Waals surface area contributed by atoms with Gasteiger partial charge < -0.3 is 4.74 Å². The molecule has 0 radical (unpaired) electrons. The van der Waals surface area contributed by atoms with E-state index in [0.29, 0.717) is 17.1 Å². The fourth-order valence-corrected chi connectivity index (χ4v) is 1.59. The smallest absolute Gasteiger partial charge is 0.439 e. The van der Waals surface area contributed by atoms with Gasteiger partial charge in [0.25, 0.3) is 0 Å². The molecule has 1 aromatic carbocycles. The van der Waals surface area contributed by atoms with Crippen LogP contribution in [0.3, 0.4) is 0 Å². The van der Waals surface area contributed by atoms with Crippen molar-refractivity contribution in [3.63, 3.8) is 0 Å². The zero-order valence-corrected chi connectivity index (χ0v) is 9.37. The first-order chi connectivity index (χ1) is 7.20. The lowest BCUT2D eigenvalue weighted by atomic mass is 10.2. The van der Waals surface area contributed by atoms with Crippen LogP contribution in [0.2, 0.25) is 0 Å². The van der Waals surface area contributed by atoms with Gasteiger partial charge in [-0.25, -0.2) is 4.79 Å². The maximum Gasteiger partial charge on any atom is 0.439 e. The first-order valence-corrected chi connectivity index (χ1v) is 4.90. The molecular weight excluding hydrogens is 264 g/mol. The third kappa shape index (κ3) is 1.94. The van der Waals surface area contributed by atoms with Crippen LogP contribution in [0.25, 0.3) is 11.4 Å². The van der Waals surface area contributed by atoms with E-state index < -0.39 is 5.76 Å². The molecule has 0 bridgehead atoms. The van der Waals surface area contributed by atoms with Crippen LogP contribution in [-0.2, 0) is 0 Å². The largest absolute Gasteiger partial charge is 0.497 e. The van der Waals surface area contributed by atoms with Gasteiger partial charge in [-0.3, -0.25) is 9.51 Å². The Labute approximate surface area is 93.2 Å². The van der Waals surface area contributed by atoms with E-state index in [0.717, 1.165) is 4.47 Å². The molecule has 6 heteroatoms. The molecule has 15 heavy (non-hydrogen) atoms. The minimum atomic E-state index is -0.584. The van der Waals surface area contributed by atoms with Gasteiger partial charge in [0.2, 0.25) is 0 Å². The van der Waals surface area contributed by atoms with E-state index in [9.17, 15) is 4.79 Å². The molecule has 78 valence electrons. The summed E-state index contributed by atoms with van der Waals surface area (Å²) in [4.78, 5) is 13.3. The second-order valence-corrected chi connectivity index (χ2v) is 3.64. The van der Waals surface area contributed by atoms with Crippen LogP contribution < -0.4 is 10.5 Å². The number of methoxy groups -OCH3 is 1. The highest BCUT2D eigenvalue weighted by atomic mass is 79.9. The summed E-state index contributed by atoms with van der Waals surface area (Å²) in [5.41, 5.74) is 0.709. The van der Waals surface area contributed by atoms with Crippen LogP contribution in [0.1, 0.15) is 0 Å². The van der Waals surface area contributed by atoms with Crippen LogP contribution in [0, 0.1) is 0 Å².